The third kappa shape index (κ3) is 7.65. The van der Waals surface area contributed by atoms with E-state index in [1.54, 1.807) is 11.8 Å². The van der Waals surface area contributed by atoms with Crippen LogP contribution in [0.1, 0.15) is 0 Å². The third-order valence-electron chi connectivity index (χ3n) is 11.3. The van der Waals surface area contributed by atoms with Gasteiger partial charge in [-0.3, -0.25) is 0 Å². The number of hydrogen-bond acceptors (Lipinski definition) is 6. The lowest BCUT2D eigenvalue weighted by atomic mass is 10.0. The standard InChI is InChI=1S/C57H39N5S/c1-6-16-40(17-7-1)42-26-31-48(32-27-42)61(49-33-28-43(29-34-49)41-18-8-2-9-19-41)50-35-37-52-54(39-50)63-53-38-46(30-36-51(53)62(52)47-24-14-5-15-25-47)57-59-55(44-20-10-3-11-21-44)58-56(60-57)45-22-12-4-13-23-45/h1-39H. The molecule has 1 aliphatic heterocycles. The molecule has 0 radical (unpaired) electrons. The molecule has 0 saturated carbocycles. The first kappa shape index (κ1) is 37.9. The van der Waals surface area contributed by atoms with Crippen LogP contribution >= 0.6 is 11.8 Å². The van der Waals surface area contributed by atoms with Crippen LogP contribution in [0.15, 0.2) is 246 Å². The molecule has 0 unspecified atom stereocenters. The lowest BCUT2D eigenvalue weighted by Gasteiger charge is -2.34. The maximum Gasteiger partial charge on any atom is 0.164 e. The van der Waals surface area contributed by atoms with Crippen LogP contribution in [-0.4, -0.2) is 15.0 Å². The maximum absolute atomic E-state index is 5.07. The van der Waals surface area contributed by atoms with Crippen molar-refractivity contribution in [3.05, 3.63) is 237 Å². The van der Waals surface area contributed by atoms with Gasteiger partial charge >= 0.3 is 0 Å². The van der Waals surface area contributed by atoms with E-state index in [0.717, 1.165) is 60.6 Å². The van der Waals surface area contributed by atoms with E-state index < -0.39 is 0 Å². The molecule has 0 spiro atoms. The van der Waals surface area contributed by atoms with Gasteiger partial charge in [-0.2, -0.15) is 0 Å². The molecule has 9 aromatic carbocycles. The van der Waals surface area contributed by atoms with E-state index >= 15 is 0 Å². The van der Waals surface area contributed by atoms with Gasteiger partial charge in [0.1, 0.15) is 0 Å². The van der Waals surface area contributed by atoms with Gasteiger partial charge < -0.3 is 9.80 Å². The Balaban J connectivity index is 1.03. The molecule has 6 heteroatoms. The Kier molecular flexibility index (Phi) is 10.1. The summed E-state index contributed by atoms with van der Waals surface area (Å²) in [4.78, 5) is 22.0. The van der Waals surface area contributed by atoms with Gasteiger partial charge in [0, 0.05) is 49.2 Å². The van der Waals surface area contributed by atoms with E-state index in [9.17, 15) is 0 Å². The Labute approximate surface area is 371 Å². The van der Waals surface area contributed by atoms with Crippen molar-refractivity contribution in [1.29, 1.82) is 0 Å². The van der Waals surface area contributed by atoms with Crippen LogP contribution in [0.5, 0.6) is 0 Å². The van der Waals surface area contributed by atoms with Crippen molar-refractivity contribution in [1.82, 2.24) is 15.0 Å². The highest BCUT2D eigenvalue weighted by atomic mass is 32.2. The molecule has 0 amide bonds. The molecule has 10 aromatic rings. The number of para-hydroxylation sites is 1. The SMILES string of the molecule is c1ccc(-c2ccc(N(c3ccc(-c4ccccc4)cc3)c3ccc4c(c3)Sc3cc(-c5nc(-c6ccccc6)nc(-c6ccccc6)n5)ccc3N4c3ccccc3)cc2)cc1. The van der Waals surface area contributed by atoms with E-state index in [2.05, 4.69) is 186 Å². The lowest BCUT2D eigenvalue weighted by molar-refractivity contribution is 1.07. The maximum atomic E-state index is 5.07. The smallest absolute Gasteiger partial charge is 0.164 e. The zero-order valence-corrected chi connectivity index (χ0v) is 35.0. The minimum absolute atomic E-state index is 0.626. The van der Waals surface area contributed by atoms with Crippen molar-refractivity contribution in [3.8, 4) is 56.4 Å². The molecule has 0 bridgehead atoms. The highest BCUT2D eigenvalue weighted by Gasteiger charge is 2.27. The number of aromatic nitrogens is 3. The zero-order valence-electron chi connectivity index (χ0n) is 34.2. The summed E-state index contributed by atoms with van der Waals surface area (Å²) in [6.07, 6.45) is 0. The molecule has 1 aromatic heterocycles. The fraction of sp³-hybridized carbons (Fsp3) is 0. The van der Waals surface area contributed by atoms with Gasteiger partial charge in [-0.25, -0.2) is 15.0 Å². The molecule has 0 N–H and O–H groups in total. The average Bonchev–Trinajstić information content (AvgIpc) is 3.37. The summed E-state index contributed by atoms with van der Waals surface area (Å²) in [5.41, 5.74) is 14.0. The summed E-state index contributed by atoms with van der Waals surface area (Å²) < 4.78 is 0. The molecule has 0 aliphatic carbocycles. The second-order valence-corrected chi connectivity index (χ2v) is 16.4. The first-order valence-electron chi connectivity index (χ1n) is 21.0. The predicted octanol–water partition coefficient (Wildman–Crippen LogP) is 15.6. The fourth-order valence-corrected chi connectivity index (χ4v) is 9.31. The summed E-state index contributed by atoms with van der Waals surface area (Å²) in [6, 6.07) is 83.1. The van der Waals surface area contributed by atoms with Gasteiger partial charge in [0.25, 0.3) is 0 Å². The van der Waals surface area contributed by atoms with Crippen LogP contribution in [0.25, 0.3) is 56.4 Å². The summed E-state index contributed by atoms with van der Waals surface area (Å²) in [5.74, 6) is 1.90. The van der Waals surface area contributed by atoms with Gasteiger partial charge in [0.2, 0.25) is 0 Å². The number of benzene rings is 9. The first-order chi connectivity index (χ1) is 31.2. The van der Waals surface area contributed by atoms with Crippen LogP contribution in [0.2, 0.25) is 0 Å². The number of nitrogens with zero attached hydrogens (tertiary/aromatic N) is 5. The van der Waals surface area contributed by atoms with Crippen molar-refractivity contribution in [2.24, 2.45) is 0 Å². The molecule has 298 valence electrons. The normalized spacial score (nSPS) is 11.7. The molecule has 63 heavy (non-hydrogen) atoms. The minimum Gasteiger partial charge on any atom is -0.310 e. The molecule has 0 saturated heterocycles. The second-order valence-electron chi connectivity index (χ2n) is 15.3. The van der Waals surface area contributed by atoms with Gasteiger partial charge in [0.05, 0.1) is 11.4 Å². The van der Waals surface area contributed by atoms with Crippen LogP contribution in [0, 0.1) is 0 Å². The molecule has 0 atom stereocenters. The second kappa shape index (κ2) is 16.8. The average molecular weight is 826 g/mol. The monoisotopic (exact) mass is 825 g/mol. The van der Waals surface area contributed by atoms with Crippen molar-refractivity contribution >= 4 is 45.9 Å². The van der Waals surface area contributed by atoms with E-state index in [0.29, 0.717) is 17.5 Å². The van der Waals surface area contributed by atoms with Crippen molar-refractivity contribution in [2.75, 3.05) is 9.80 Å². The number of fused-ring (bicyclic) bond motifs is 2. The molecule has 0 fully saturated rings. The fourth-order valence-electron chi connectivity index (χ4n) is 8.18. The van der Waals surface area contributed by atoms with E-state index in [4.69, 9.17) is 15.0 Å². The molecule has 2 heterocycles. The first-order valence-corrected chi connectivity index (χ1v) is 21.8. The Bertz CT molecular complexity index is 3020. The predicted molar refractivity (Wildman–Crippen MR) is 260 cm³/mol. The summed E-state index contributed by atoms with van der Waals surface area (Å²) in [7, 11) is 0. The van der Waals surface area contributed by atoms with Crippen LogP contribution in [0.3, 0.4) is 0 Å². The van der Waals surface area contributed by atoms with E-state index in [1.807, 2.05) is 60.7 Å². The lowest BCUT2D eigenvalue weighted by Crippen LogP contribution is -2.16. The van der Waals surface area contributed by atoms with Crippen LogP contribution < -0.4 is 9.80 Å². The zero-order chi connectivity index (χ0) is 42.0. The number of anilines is 6. The Morgan fingerprint density at radius 2 is 0.651 bits per heavy atom. The van der Waals surface area contributed by atoms with Crippen molar-refractivity contribution < 1.29 is 0 Å². The topological polar surface area (TPSA) is 45.2 Å². The molecule has 11 rings (SSSR count). The Morgan fingerprint density at radius 3 is 1.13 bits per heavy atom. The highest BCUT2D eigenvalue weighted by molar-refractivity contribution is 7.99. The van der Waals surface area contributed by atoms with Crippen LogP contribution in [-0.2, 0) is 0 Å². The Morgan fingerprint density at radius 1 is 0.302 bits per heavy atom. The van der Waals surface area contributed by atoms with Gasteiger partial charge in [0.15, 0.2) is 17.5 Å². The minimum atomic E-state index is 0.626. The quantitative estimate of drug-likeness (QED) is 0.144. The number of rotatable bonds is 9. The van der Waals surface area contributed by atoms with Gasteiger partial charge in [-0.1, -0.05) is 176 Å². The summed E-state index contributed by atoms with van der Waals surface area (Å²) in [6.45, 7) is 0. The van der Waals surface area contributed by atoms with Crippen molar-refractivity contribution in [3.63, 3.8) is 0 Å². The van der Waals surface area contributed by atoms with Gasteiger partial charge in [-0.15, -0.1) is 0 Å². The van der Waals surface area contributed by atoms with E-state index in [-0.39, 0.29) is 0 Å². The summed E-state index contributed by atoms with van der Waals surface area (Å²) in [5, 5.41) is 0. The highest BCUT2D eigenvalue weighted by Crippen LogP contribution is 2.54. The molecular weight excluding hydrogens is 787 g/mol. The Hall–Kier alpha value is -8.06. The van der Waals surface area contributed by atoms with Crippen LogP contribution in [0.4, 0.5) is 34.1 Å². The van der Waals surface area contributed by atoms with Crippen molar-refractivity contribution in [2.45, 2.75) is 9.79 Å². The molecule has 5 nitrogen and oxygen atoms in total. The summed E-state index contributed by atoms with van der Waals surface area (Å²) >= 11 is 1.77. The van der Waals surface area contributed by atoms with E-state index in [1.165, 1.54) is 22.3 Å². The number of hydrogen-bond donors (Lipinski definition) is 0. The molecule has 1 aliphatic rings. The largest absolute Gasteiger partial charge is 0.310 e. The van der Waals surface area contributed by atoms with Gasteiger partial charge in [-0.05, 0) is 95.1 Å². The molecular formula is C57H39N5S. The third-order valence-corrected chi connectivity index (χ3v) is 12.4.